The second-order valence-electron chi connectivity index (χ2n) is 6.08. The van der Waals surface area contributed by atoms with Crippen LogP contribution in [0.5, 0.6) is 5.75 Å². The van der Waals surface area contributed by atoms with Gasteiger partial charge in [0.15, 0.2) is 11.7 Å². The smallest absolute Gasteiger partial charge is 0.342 e. The fourth-order valence-corrected chi connectivity index (χ4v) is 3.67. The summed E-state index contributed by atoms with van der Waals surface area (Å²) in [5, 5.41) is 13.5. The third kappa shape index (κ3) is 4.02. The van der Waals surface area contributed by atoms with Crippen LogP contribution in [0.25, 0.3) is 5.13 Å². The average Bonchev–Trinajstić information content (AvgIpc) is 3.32. The largest absolute Gasteiger partial charge is 0.496 e. The van der Waals surface area contributed by atoms with Crippen LogP contribution in [-0.4, -0.2) is 39.9 Å². The number of carbonyl (C=O) groups is 2. The third-order valence-electron chi connectivity index (χ3n) is 4.29. The molecule has 0 bridgehead atoms. The number of aromatic nitrogens is 2. The van der Waals surface area contributed by atoms with Crippen LogP contribution in [0.4, 0.5) is 5.69 Å². The normalized spacial score (nSPS) is 10.6. The lowest BCUT2D eigenvalue weighted by Crippen LogP contribution is -2.15. The summed E-state index contributed by atoms with van der Waals surface area (Å²) in [4.78, 5) is 39.6. The lowest BCUT2D eigenvalue weighted by molar-refractivity contribution is -0.384. The van der Waals surface area contributed by atoms with Gasteiger partial charge in [0.25, 0.3) is 5.69 Å². The first-order valence-electron chi connectivity index (χ1n) is 8.45. The van der Waals surface area contributed by atoms with Gasteiger partial charge in [-0.1, -0.05) is 0 Å². The summed E-state index contributed by atoms with van der Waals surface area (Å²) in [7, 11) is 1.33. The molecule has 0 fully saturated rings. The topological polar surface area (TPSA) is 114 Å². The number of nitro benzene ring substituents is 1. The van der Waals surface area contributed by atoms with Gasteiger partial charge >= 0.3 is 5.97 Å². The molecule has 0 atom stereocenters. The second kappa shape index (κ2) is 8.23. The standard InChI is InChI=1S/C19H17N3O6S/c1-11-8-14(12(2)21(11)19-20-6-7-29-19)16(23)10-28-18(24)15-9-13(22(25)26)4-5-17(15)27-3/h4-9H,10H2,1-3H3. The molecule has 9 nitrogen and oxygen atoms in total. The lowest BCUT2D eigenvalue weighted by Gasteiger charge is -2.09. The number of aryl methyl sites for hydroxylation is 1. The molecule has 2 heterocycles. The molecule has 0 aliphatic heterocycles. The Morgan fingerprint density at radius 1 is 1.24 bits per heavy atom. The number of carbonyl (C=O) groups excluding carboxylic acids is 2. The summed E-state index contributed by atoms with van der Waals surface area (Å²) in [5.74, 6) is -1.15. The maximum absolute atomic E-state index is 12.6. The second-order valence-corrected chi connectivity index (χ2v) is 6.95. The van der Waals surface area contributed by atoms with E-state index in [0.717, 1.165) is 16.9 Å². The highest BCUT2D eigenvalue weighted by atomic mass is 32.1. The van der Waals surface area contributed by atoms with Gasteiger partial charge in [0, 0.05) is 40.7 Å². The Morgan fingerprint density at radius 2 is 2.00 bits per heavy atom. The van der Waals surface area contributed by atoms with Crippen LogP contribution in [0.1, 0.15) is 32.1 Å². The van der Waals surface area contributed by atoms with Crippen molar-refractivity contribution in [1.29, 1.82) is 0 Å². The zero-order valence-electron chi connectivity index (χ0n) is 15.9. The SMILES string of the molecule is COc1ccc([N+](=O)[O-])cc1C(=O)OCC(=O)c1cc(C)n(-c2nccs2)c1C. The minimum Gasteiger partial charge on any atom is -0.496 e. The number of rotatable bonds is 7. The molecule has 0 N–H and O–H groups in total. The molecule has 1 aromatic carbocycles. The highest BCUT2D eigenvalue weighted by Gasteiger charge is 2.22. The van der Waals surface area contributed by atoms with Crippen LogP contribution < -0.4 is 4.74 Å². The van der Waals surface area contributed by atoms with Crippen LogP contribution >= 0.6 is 11.3 Å². The van der Waals surface area contributed by atoms with Crippen molar-refractivity contribution in [2.75, 3.05) is 13.7 Å². The van der Waals surface area contributed by atoms with Crippen molar-refractivity contribution in [3.05, 3.63) is 68.5 Å². The molecule has 29 heavy (non-hydrogen) atoms. The molecule has 3 aromatic rings. The first kappa shape index (κ1) is 20.2. The Labute approximate surface area is 169 Å². The van der Waals surface area contributed by atoms with Crippen LogP contribution in [0.3, 0.4) is 0 Å². The fourth-order valence-electron chi connectivity index (χ4n) is 2.92. The van der Waals surface area contributed by atoms with E-state index >= 15 is 0 Å². The minimum atomic E-state index is -0.882. The van der Waals surface area contributed by atoms with E-state index in [4.69, 9.17) is 9.47 Å². The number of hydrogen-bond acceptors (Lipinski definition) is 8. The molecule has 0 saturated carbocycles. The number of methoxy groups -OCH3 is 1. The summed E-state index contributed by atoms with van der Waals surface area (Å²) >= 11 is 1.44. The van der Waals surface area contributed by atoms with Gasteiger partial charge in [-0.3, -0.25) is 19.5 Å². The molecular weight excluding hydrogens is 398 g/mol. The number of ether oxygens (including phenoxy) is 2. The Morgan fingerprint density at radius 3 is 2.62 bits per heavy atom. The van der Waals surface area contributed by atoms with Crippen LogP contribution in [0, 0.1) is 24.0 Å². The summed E-state index contributed by atoms with van der Waals surface area (Å²) < 4.78 is 12.0. The summed E-state index contributed by atoms with van der Waals surface area (Å²) in [6.45, 7) is 3.13. The van der Waals surface area contributed by atoms with Gasteiger partial charge in [-0.15, -0.1) is 11.3 Å². The molecule has 0 spiro atoms. The van der Waals surface area contributed by atoms with E-state index in [9.17, 15) is 19.7 Å². The van der Waals surface area contributed by atoms with Gasteiger partial charge < -0.3 is 9.47 Å². The predicted molar refractivity (Wildman–Crippen MR) is 105 cm³/mol. The monoisotopic (exact) mass is 415 g/mol. The molecule has 0 radical (unpaired) electrons. The number of thiazole rings is 1. The Hall–Kier alpha value is -3.53. The Balaban J connectivity index is 1.78. The number of nitrogens with zero attached hydrogens (tertiary/aromatic N) is 3. The zero-order valence-corrected chi connectivity index (χ0v) is 16.7. The van der Waals surface area contributed by atoms with E-state index in [1.54, 1.807) is 19.2 Å². The van der Waals surface area contributed by atoms with E-state index in [1.165, 1.54) is 30.6 Å². The van der Waals surface area contributed by atoms with E-state index in [2.05, 4.69) is 4.98 Å². The van der Waals surface area contributed by atoms with E-state index in [-0.39, 0.29) is 17.0 Å². The number of non-ortho nitro benzene ring substituents is 1. The summed E-state index contributed by atoms with van der Waals surface area (Å²) in [5.41, 5.74) is 1.52. The highest BCUT2D eigenvalue weighted by molar-refractivity contribution is 7.12. The number of esters is 1. The first-order chi connectivity index (χ1) is 13.8. The number of ketones is 1. The van der Waals surface area contributed by atoms with Gasteiger partial charge in [-0.2, -0.15) is 0 Å². The van der Waals surface area contributed by atoms with Gasteiger partial charge in [-0.05, 0) is 26.0 Å². The zero-order chi connectivity index (χ0) is 21.1. The fraction of sp³-hybridized carbons (Fsp3) is 0.211. The number of benzene rings is 1. The van der Waals surface area contributed by atoms with E-state index in [1.807, 2.05) is 16.9 Å². The maximum atomic E-state index is 12.6. The number of Topliss-reactive ketones (excluding diaryl/α,β-unsaturated/α-hetero) is 1. The van der Waals surface area contributed by atoms with Gasteiger partial charge in [0.05, 0.1) is 12.0 Å². The summed E-state index contributed by atoms with van der Waals surface area (Å²) in [6, 6.07) is 5.28. The highest BCUT2D eigenvalue weighted by Crippen LogP contribution is 2.25. The van der Waals surface area contributed by atoms with Crippen LogP contribution in [0.15, 0.2) is 35.8 Å². The molecule has 0 unspecified atom stereocenters. The Bertz CT molecular complexity index is 1090. The summed E-state index contributed by atoms with van der Waals surface area (Å²) in [6.07, 6.45) is 1.68. The Kier molecular flexibility index (Phi) is 5.74. The van der Waals surface area contributed by atoms with Crippen LogP contribution in [0.2, 0.25) is 0 Å². The van der Waals surface area contributed by atoms with E-state index < -0.39 is 23.3 Å². The van der Waals surface area contributed by atoms with Crippen molar-refractivity contribution >= 4 is 28.8 Å². The van der Waals surface area contributed by atoms with Gasteiger partial charge in [0.2, 0.25) is 5.78 Å². The molecule has 0 saturated heterocycles. The van der Waals surface area contributed by atoms with Crippen molar-refractivity contribution in [3.8, 4) is 10.9 Å². The van der Waals surface area contributed by atoms with Crippen molar-refractivity contribution in [2.24, 2.45) is 0 Å². The quantitative estimate of drug-likeness (QED) is 0.251. The van der Waals surface area contributed by atoms with E-state index in [0.29, 0.717) is 11.3 Å². The molecule has 0 aliphatic rings. The molecule has 2 aromatic heterocycles. The lowest BCUT2D eigenvalue weighted by atomic mass is 10.1. The van der Waals surface area contributed by atoms with Crippen LogP contribution in [-0.2, 0) is 4.74 Å². The third-order valence-corrected chi connectivity index (χ3v) is 5.05. The number of hydrogen-bond donors (Lipinski definition) is 0. The van der Waals surface area contributed by atoms with Gasteiger partial charge in [-0.25, -0.2) is 9.78 Å². The minimum absolute atomic E-state index is 0.120. The predicted octanol–water partition coefficient (Wildman–Crippen LogP) is 3.51. The average molecular weight is 415 g/mol. The molecule has 3 rings (SSSR count). The molecule has 10 heteroatoms. The maximum Gasteiger partial charge on any atom is 0.342 e. The molecular formula is C19H17N3O6S. The van der Waals surface area contributed by atoms with Gasteiger partial charge in [0.1, 0.15) is 11.3 Å². The van der Waals surface area contributed by atoms with Crippen molar-refractivity contribution < 1.29 is 24.0 Å². The van der Waals surface area contributed by atoms with Crippen molar-refractivity contribution in [3.63, 3.8) is 0 Å². The first-order valence-corrected chi connectivity index (χ1v) is 9.33. The molecule has 0 aliphatic carbocycles. The molecule has 0 amide bonds. The van der Waals surface area contributed by atoms with Crippen molar-refractivity contribution in [1.82, 2.24) is 9.55 Å². The van der Waals surface area contributed by atoms with Crippen molar-refractivity contribution in [2.45, 2.75) is 13.8 Å². The number of nitro groups is 1. The molecule has 150 valence electrons.